The number of likely N-dealkylation sites (tertiary alicyclic amines) is 2. The molecule has 10 nitrogen and oxygen atoms in total. The summed E-state index contributed by atoms with van der Waals surface area (Å²) in [5.74, 6) is 1.31. The Balaban J connectivity index is 1.22. The van der Waals surface area contributed by atoms with Crippen molar-refractivity contribution in [2.75, 3.05) is 79.1 Å². The number of methoxy groups -OCH3 is 1. The van der Waals surface area contributed by atoms with Gasteiger partial charge in [0, 0.05) is 64.9 Å². The molecule has 0 spiro atoms. The van der Waals surface area contributed by atoms with Crippen LogP contribution < -0.4 is 10.6 Å². The average Bonchev–Trinajstić information content (AvgIpc) is 3.41. The predicted molar refractivity (Wildman–Crippen MR) is 174 cm³/mol. The number of fused-ring (bicyclic) bond motifs is 1. The lowest BCUT2D eigenvalue weighted by atomic mass is 9.74. The summed E-state index contributed by atoms with van der Waals surface area (Å²) in [6.07, 6.45) is 11.1. The van der Waals surface area contributed by atoms with Crippen LogP contribution in [0.4, 0.5) is 4.79 Å². The molecule has 4 saturated heterocycles. The van der Waals surface area contributed by atoms with Crippen molar-refractivity contribution in [2.45, 2.75) is 115 Å². The van der Waals surface area contributed by atoms with Gasteiger partial charge in [0.2, 0.25) is 5.91 Å². The van der Waals surface area contributed by atoms with E-state index in [2.05, 4.69) is 25.3 Å². The van der Waals surface area contributed by atoms with Crippen molar-refractivity contribution in [1.29, 1.82) is 0 Å². The normalized spacial score (nSPS) is 30.9. The standard InChI is InChI=1S/C34H62N6O4/c1-34(2,3)44-33(42)40-20-12-26(13-21-40)28(25-30(41)35-15-22-37-16-5-6-17-37)38-18-8-19-39(24-23-38)32-29(43-4)11-10-27-9-7-14-36-31(27)32/h26-29,31-32,36H,5-25H2,1-4H3,(H,35,41). The van der Waals surface area contributed by atoms with Crippen molar-refractivity contribution in [3.8, 4) is 0 Å². The maximum atomic E-state index is 13.4. The molecule has 44 heavy (non-hydrogen) atoms. The van der Waals surface area contributed by atoms with Crippen LogP contribution in [0.15, 0.2) is 0 Å². The highest BCUT2D eigenvalue weighted by molar-refractivity contribution is 5.76. The van der Waals surface area contributed by atoms with Crippen LogP contribution in [-0.4, -0.2) is 141 Å². The van der Waals surface area contributed by atoms with E-state index in [9.17, 15) is 9.59 Å². The van der Waals surface area contributed by atoms with Gasteiger partial charge in [0.25, 0.3) is 0 Å². The number of carbonyl (C=O) groups excluding carboxylic acids is 2. The molecule has 0 bridgehead atoms. The Kier molecular flexibility index (Phi) is 12.2. The minimum absolute atomic E-state index is 0.172. The van der Waals surface area contributed by atoms with Crippen LogP contribution in [0.25, 0.3) is 0 Å². The van der Waals surface area contributed by atoms with Gasteiger partial charge in [0.1, 0.15) is 5.60 Å². The molecule has 4 aliphatic heterocycles. The molecule has 4 heterocycles. The van der Waals surface area contributed by atoms with Gasteiger partial charge in [0.15, 0.2) is 0 Å². The van der Waals surface area contributed by atoms with Gasteiger partial charge in [-0.1, -0.05) is 0 Å². The highest BCUT2D eigenvalue weighted by Crippen LogP contribution is 2.36. The molecule has 2 N–H and O–H groups in total. The van der Waals surface area contributed by atoms with Crippen molar-refractivity contribution in [2.24, 2.45) is 11.8 Å². The fraction of sp³-hybridized carbons (Fsp3) is 0.941. The van der Waals surface area contributed by atoms with Gasteiger partial charge in [-0.05, 0) is 123 Å². The fourth-order valence-electron chi connectivity index (χ4n) is 8.80. The summed E-state index contributed by atoms with van der Waals surface area (Å²) in [5, 5.41) is 7.16. The van der Waals surface area contributed by atoms with Gasteiger partial charge in [-0.2, -0.15) is 0 Å². The zero-order valence-corrected chi connectivity index (χ0v) is 28.2. The van der Waals surface area contributed by atoms with Crippen molar-refractivity contribution in [1.82, 2.24) is 30.2 Å². The number of piperidine rings is 2. The van der Waals surface area contributed by atoms with E-state index in [0.717, 1.165) is 90.5 Å². The second-order valence-electron chi connectivity index (χ2n) is 15.1. The molecule has 1 aliphatic carbocycles. The first-order valence-corrected chi connectivity index (χ1v) is 17.9. The van der Waals surface area contributed by atoms with E-state index >= 15 is 0 Å². The number of nitrogens with one attached hydrogen (secondary N) is 2. The third-order valence-electron chi connectivity index (χ3n) is 11.0. The van der Waals surface area contributed by atoms with Crippen LogP contribution in [0.2, 0.25) is 0 Å². The van der Waals surface area contributed by atoms with Gasteiger partial charge in [-0.3, -0.25) is 14.6 Å². The lowest BCUT2D eigenvalue weighted by molar-refractivity contribution is -0.123. The SMILES string of the molecule is COC1CCC2CCCNC2C1N1CCCN(C(CC(=O)NCCN2CCCC2)C2CCN(C(=O)OC(C)(C)C)CC2)CC1. The van der Waals surface area contributed by atoms with E-state index in [0.29, 0.717) is 37.5 Å². The summed E-state index contributed by atoms with van der Waals surface area (Å²) in [5.41, 5.74) is -0.491. The number of amides is 2. The van der Waals surface area contributed by atoms with Gasteiger partial charge in [0.05, 0.1) is 12.1 Å². The molecule has 5 aliphatic rings. The van der Waals surface area contributed by atoms with E-state index in [1.807, 2.05) is 32.8 Å². The topological polar surface area (TPSA) is 89.6 Å². The number of ether oxygens (including phenoxy) is 2. The van der Waals surface area contributed by atoms with Crippen LogP contribution in [-0.2, 0) is 14.3 Å². The molecular weight excluding hydrogens is 556 g/mol. The summed E-state index contributed by atoms with van der Waals surface area (Å²) >= 11 is 0. The monoisotopic (exact) mass is 618 g/mol. The Morgan fingerprint density at radius 2 is 1.66 bits per heavy atom. The summed E-state index contributed by atoms with van der Waals surface area (Å²) < 4.78 is 11.8. The molecule has 0 aromatic carbocycles. The molecule has 0 aromatic rings. The molecule has 1 saturated carbocycles. The molecule has 10 heteroatoms. The Morgan fingerprint density at radius 3 is 2.39 bits per heavy atom. The summed E-state index contributed by atoms with van der Waals surface area (Å²) in [7, 11) is 1.90. The summed E-state index contributed by atoms with van der Waals surface area (Å²) in [6.45, 7) is 16.3. The Hall–Kier alpha value is -1.46. The number of hydrogen-bond acceptors (Lipinski definition) is 8. The van der Waals surface area contributed by atoms with Gasteiger partial charge < -0.3 is 29.9 Å². The largest absolute Gasteiger partial charge is 0.444 e. The third kappa shape index (κ3) is 9.08. The summed E-state index contributed by atoms with van der Waals surface area (Å²) in [6, 6.07) is 1.12. The Bertz CT molecular complexity index is 916. The lowest BCUT2D eigenvalue weighted by Crippen LogP contribution is -2.63. The van der Waals surface area contributed by atoms with Crippen molar-refractivity contribution >= 4 is 12.0 Å². The van der Waals surface area contributed by atoms with Crippen molar-refractivity contribution in [3.05, 3.63) is 0 Å². The van der Waals surface area contributed by atoms with Crippen LogP contribution in [0.1, 0.15) is 85.0 Å². The molecule has 0 aromatic heterocycles. The van der Waals surface area contributed by atoms with Gasteiger partial charge in [-0.15, -0.1) is 0 Å². The maximum Gasteiger partial charge on any atom is 0.410 e. The molecule has 0 radical (unpaired) electrons. The quantitative estimate of drug-likeness (QED) is 0.408. The Morgan fingerprint density at radius 1 is 0.886 bits per heavy atom. The van der Waals surface area contributed by atoms with Crippen molar-refractivity contribution in [3.63, 3.8) is 0 Å². The van der Waals surface area contributed by atoms with Gasteiger partial charge in [-0.25, -0.2) is 4.79 Å². The first kappa shape index (κ1) is 33.9. The van der Waals surface area contributed by atoms with Crippen LogP contribution in [0, 0.1) is 11.8 Å². The van der Waals surface area contributed by atoms with Crippen LogP contribution >= 0.6 is 0 Å². The predicted octanol–water partition coefficient (Wildman–Crippen LogP) is 3.16. The minimum atomic E-state index is -0.491. The Labute approximate surface area is 266 Å². The minimum Gasteiger partial charge on any atom is -0.444 e. The number of carbonyl (C=O) groups is 2. The summed E-state index contributed by atoms with van der Waals surface area (Å²) in [4.78, 5) is 35.9. The van der Waals surface area contributed by atoms with E-state index in [-0.39, 0.29) is 24.1 Å². The third-order valence-corrected chi connectivity index (χ3v) is 11.0. The first-order valence-electron chi connectivity index (χ1n) is 17.9. The van der Waals surface area contributed by atoms with Gasteiger partial charge >= 0.3 is 6.09 Å². The van der Waals surface area contributed by atoms with Crippen LogP contribution in [0.5, 0.6) is 0 Å². The highest BCUT2D eigenvalue weighted by atomic mass is 16.6. The van der Waals surface area contributed by atoms with E-state index < -0.39 is 5.60 Å². The van der Waals surface area contributed by atoms with E-state index in [1.165, 1.54) is 32.1 Å². The molecule has 2 amide bonds. The number of nitrogens with zero attached hydrogens (tertiary/aromatic N) is 4. The van der Waals surface area contributed by atoms with E-state index in [1.54, 1.807) is 0 Å². The molecule has 5 atom stereocenters. The second kappa shape index (κ2) is 15.9. The second-order valence-corrected chi connectivity index (χ2v) is 15.1. The molecule has 252 valence electrons. The smallest absolute Gasteiger partial charge is 0.410 e. The average molecular weight is 619 g/mol. The zero-order chi connectivity index (χ0) is 31.1. The molecule has 5 unspecified atom stereocenters. The van der Waals surface area contributed by atoms with Crippen molar-refractivity contribution < 1.29 is 19.1 Å². The lowest BCUT2D eigenvalue weighted by Gasteiger charge is -2.49. The number of rotatable bonds is 9. The first-order chi connectivity index (χ1) is 21.2. The molecule has 5 fully saturated rings. The van der Waals surface area contributed by atoms with Crippen LogP contribution in [0.3, 0.4) is 0 Å². The fourth-order valence-corrected chi connectivity index (χ4v) is 8.80. The maximum absolute atomic E-state index is 13.4. The zero-order valence-electron chi connectivity index (χ0n) is 28.2. The van der Waals surface area contributed by atoms with E-state index in [4.69, 9.17) is 9.47 Å². The number of hydrogen-bond donors (Lipinski definition) is 2. The molecular formula is C34H62N6O4. The highest BCUT2D eigenvalue weighted by Gasteiger charge is 2.44. The molecule has 5 rings (SSSR count).